The van der Waals surface area contributed by atoms with Crippen LogP contribution in [0.15, 0.2) is 24.3 Å². The van der Waals surface area contributed by atoms with Crippen LogP contribution in [0.5, 0.6) is 0 Å². The van der Waals surface area contributed by atoms with Gasteiger partial charge in [0, 0.05) is 48.3 Å². The van der Waals surface area contributed by atoms with Crippen LogP contribution in [-0.4, -0.2) is 41.6 Å². The molecule has 3 rings (SSSR count). The largest absolute Gasteiger partial charge is 0.358 e. The summed E-state index contributed by atoms with van der Waals surface area (Å²) in [6.07, 6.45) is 1.10. The Balaban J connectivity index is 1.89. The second-order valence-electron chi connectivity index (χ2n) is 6.50. The molecule has 0 radical (unpaired) electrons. The summed E-state index contributed by atoms with van der Waals surface area (Å²) < 4.78 is 0. The maximum absolute atomic E-state index is 3.52. The summed E-state index contributed by atoms with van der Waals surface area (Å²) in [5.74, 6) is 0. The van der Waals surface area contributed by atoms with Gasteiger partial charge < -0.3 is 10.3 Å². The lowest BCUT2D eigenvalue weighted by Crippen LogP contribution is -2.54. The number of fused-ring (bicyclic) bond motifs is 1. The third kappa shape index (κ3) is 2.48. The molecule has 2 N–H and O–H groups in total. The standard InChI is InChI=1S/C17H25N3/c1-13-15(14-6-4-5-7-16(14)19-13)12-17(2,3)20-10-8-18-9-11-20/h4-7,18-19H,8-12H2,1-3H3. The summed E-state index contributed by atoms with van der Waals surface area (Å²) >= 11 is 0. The molecule has 1 fully saturated rings. The molecule has 0 saturated carbocycles. The second-order valence-corrected chi connectivity index (χ2v) is 6.50. The van der Waals surface area contributed by atoms with Gasteiger partial charge in [0.1, 0.15) is 0 Å². The van der Waals surface area contributed by atoms with E-state index in [4.69, 9.17) is 0 Å². The zero-order valence-corrected chi connectivity index (χ0v) is 12.8. The Kier molecular flexibility index (Phi) is 3.57. The van der Waals surface area contributed by atoms with E-state index in [0.717, 1.165) is 32.6 Å². The molecule has 20 heavy (non-hydrogen) atoms. The van der Waals surface area contributed by atoms with Crippen molar-refractivity contribution >= 4 is 10.9 Å². The van der Waals surface area contributed by atoms with Crippen molar-refractivity contribution in [3.63, 3.8) is 0 Å². The van der Waals surface area contributed by atoms with Gasteiger partial charge in [-0.15, -0.1) is 0 Å². The Morgan fingerprint density at radius 2 is 1.85 bits per heavy atom. The van der Waals surface area contributed by atoms with Crippen LogP contribution in [0.3, 0.4) is 0 Å². The van der Waals surface area contributed by atoms with E-state index in [2.05, 4.69) is 60.2 Å². The summed E-state index contributed by atoms with van der Waals surface area (Å²) in [5, 5.41) is 4.82. The molecule has 108 valence electrons. The number of rotatable bonds is 3. The molecule has 1 saturated heterocycles. The molecule has 2 aromatic rings. The van der Waals surface area contributed by atoms with Gasteiger partial charge in [-0.05, 0) is 38.8 Å². The summed E-state index contributed by atoms with van der Waals surface area (Å²) in [6, 6.07) is 8.64. The predicted octanol–water partition coefficient (Wildman–Crippen LogP) is 2.70. The highest BCUT2D eigenvalue weighted by molar-refractivity contribution is 5.84. The van der Waals surface area contributed by atoms with Crippen LogP contribution < -0.4 is 5.32 Å². The minimum atomic E-state index is 0.206. The maximum atomic E-state index is 3.52. The summed E-state index contributed by atoms with van der Waals surface area (Å²) in [7, 11) is 0. The number of para-hydroxylation sites is 1. The number of hydrogen-bond donors (Lipinski definition) is 2. The fourth-order valence-corrected chi connectivity index (χ4v) is 3.38. The zero-order chi connectivity index (χ0) is 14.2. The van der Waals surface area contributed by atoms with Crippen molar-refractivity contribution in [2.75, 3.05) is 26.2 Å². The molecule has 1 aromatic carbocycles. The van der Waals surface area contributed by atoms with Gasteiger partial charge in [-0.1, -0.05) is 18.2 Å². The minimum Gasteiger partial charge on any atom is -0.358 e. The monoisotopic (exact) mass is 271 g/mol. The van der Waals surface area contributed by atoms with E-state index in [-0.39, 0.29) is 5.54 Å². The van der Waals surface area contributed by atoms with Gasteiger partial charge >= 0.3 is 0 Å². The molecule has 1 aromatic heterocycles. The number of nitrogens with one attached hydrogen (secondary N) is 2. The van der Waals surface area contributed by atoms with Crippen molar-refractivity contribution in [2.24, 2.45) is 0 Å². The molecule has 1 aliphatic rings. The van der Waals surface area contributed by atoms with Crippen LogP contribution in [0.4, 0.5) is 0 Å². The fourth-order valence-electron chi connectivity index (χ4n) is 3.38. The summed E-state index contributed by atoms with van der Waals surface area (Å²) in [5.41, 5.74) is 4.26. The second kappa shape index (κ2) is 5.23. The van der Waals surface area contributed by atoms with Gasteiger partial charge in [0.15, 0.2) is 0 Å². The van der Waals surface area contributed by atoms with Gasteiger partial charge in [0.05, 0.1) is 0 Å². The molecule has 0 atom stereocenters. The molecule has 0 aliphatic carbocycles. The highest BCUT2D eigenvalue weighted by Gasteiger charge is 2.29. The molecular formula is C17H25N3. The van der Waals surface area contributed by atoms with Crippen molar-refractivity contribution < 1.29 is 0 Å². The Morgan fingerprint density at radius 3 is 2.60 bits per heavy atom. The summed E-state index contributed by atoms with van der Waals surface area (Å²) in [6.45, 7) is 11.5. The van der Waals surface area contributed by atoms with Crippen LogP contribution in [0.1, 0.15) is 25.1 Å². The highest BCUT2D eigenvalue weighted by atomic mass is 15.2. The number of benzene rings is 1. The molecule has 0 spiro atoms. The molecule has 2 heterocycles. The molecule has 0 unspecified atom stereocenters. The summed E-state index contributed by atoms with van der Waals surface area (Å²) in [4.78, 5) is 6.14. The average Bonchev–Trinajstić information content (AvgIpc) is 2.76. The van der Waals surface area contributed by atoms with Crippen molar-refractivity contribution in [1.29, 1.82) is 0 Å². The first kappa shape index (κ1) is 13.7. The van der Waals surface area contributed by atoms with Gasteiger partial charge in [-0.2, -0.15) is 0 Å². The van der Waals surface area contributed by atoms with Crippen molar-refractivity contribution in [3.05, 3.63) is 35.5 Å². The first-order valence-corrected chi connectivity index (χ1v) is 7.60. The van der Waals surface area contributed by atoms with Crippen LogP contribution in [-0.2, 0) is 6.42 Å². The number of aromatic amines is 1. The van der Waals surface area contributed by atoms with Crippen LogP contribution in [0.25, 0.3) is 10.9 Å². The topological polar surface area (TPSA) is 31.1 Å². The third-order valence-electron chi connectivity index (χ3n) is 4.61. The van der Waals surface area contributed by atoms with Crippen LogP contribution in [0.2, 0.25) is 0 Å². The van der Waals surface area contributed by atoms with Crippen molar-refractivity contribution in [1.82, 2.24) is 15.2 Å². The fraction of sp³-hybridized carbons (Fsp3) is 0.529. The number of hydrogen-bond acceptors (Lipinski definition) is 2. The van der Waals surface area contributed by atoms with Gasteiger partial charge in [-0.3, -0.25) is 4.90 Å². The average molecular weight is 271 g/mol. The molecule has 0 amide bonds. The zero-order valence-electron chi connectivity index (χ0n) is 12.8. The first-order valence-electron chi connectivity index (χ1n) is 7.60. The van der Waals surface area contributed by atoms with E-state index < -0.39 is 0 Å². The molecular weight excluding hydrogens is 246 g/mol. The molecule has 3 nitrogen and oxygen atoms in total. The third-order valence-corrected chi connectivity index (χ3v) is 4.61. The van der Waals surface area contributed by atoms with E-state index in [1.807, 2.05) is 0 Å². The number of piperazine rings is 1. The first-order chi connectivity index (χ1) is 9.58. The van der Waals surface area contributed by atoms with Gasteiger partial charge in [0.2, 0.25) is 0 Å². The quantitative estimate of drug-likeness (QED) is 0.899. The number of aryl methyl sites for hydroxylation is 1. The molecule has 0 bridgehead atoms. The Hall–Kier alpha value is -1.32. The Bertz CT molecular complexity index is 591. The molecule has 3 heteroatoms. The van der Waals surface area contributed by atoms with Crippen molar-refractivity contribution in [3.8, 4) is 0 Å². The lowest BCUT2D eigenvalue weighted by molar-refractivity contribution is 0.104. The Labute approximate surface area is 121 Å². The van der Waals surface area contributed by atoms with E-state index in [1.165, 1.54) is 22.2 Å². The normalized spacial score (nSPS) is 17.8. The smallest absolute Gasteiger partial charge is 0.0458 e. The lowest BCUT2D eigenvalue weighted by Gasteiger charge is -2.41. The van der Waals surface area contributed by atoms with Crippen LogP contribution >= 0.6 is 0 Å². The number of H-pyrrole nitrogens is 1. The minimum absolute atomic E-state index is 0.206. The Morgan fingerprint density at radius 1 is 1.15 bits per heavy atom. The highest BCUT2D eigenvalue weighted by Crippen LogP contribution is 2.28. The van der Waals surface area contributed by atoms with E-state index in [9.17, 15) is 0 Å². The SMILES string of the molecule is Cc1[nH]c2ccccc2c1CC(C)(C)N1CCNCC1. The predicted molar refractivity (Wildman–Crippen MR) is 85.3 cm³/mol. The van der Waals surface area contributed by atoms with Gasteiger partial charge in [0.25, 0.3) is 0 Å². The number of nitrogens with zero attached hydrogens (tertiary/aromatic N) is 1. The van der Waals surface area contributed by atoms with Crippen molar-refractivity contribution in [2.45, 2.75) is 32.7 Å². The molecule has 1 aliphatic heterocycles. The van der Waals surface area contributed by atoms with E-state index in [1.54, 1.807) is 0 Å². The maximum Gasteiger partial charge on any atom is 0.0458 e. The van der Waals surface area contributed by atoms with Crippen LogP contribution in [0, 0.1) is 6.92 Å². The van der Waals surface area contributed by atoms with E-state index >= 15 is 0 Å². The number of aromatic nitrogens is 1. The lowest BCUT2D eigenvalue weighted by atomic mass is 9.91. The van der Waals surface area contributed by atoms with Gasteiger partial charge in [-0.25, -0.2) is 0 Å². The van der Waals surface area contributed by atoms with E-state index in [0.29, 0.717) is 0 Å².